The van der Waals surface area contributed by atoms with Gasteiger partial charge in [0.1, 0.15) is 0 Å². The van der Waals surface area contributed by atoms with E-state index in [9.17, 15) is 9.18 Å². The smallest absolute Gasteiger partial charge is 0.229 e. The molecule has 1 aromatic carbocycles. The Morgan fingerprint density at radius 3 is 2.78 bits per heavy atom. The number of hydrogen-bond donors (Lipinski definition) is 4. The van der Waals surface area contributed by atoms with Crippen LogP contribution in [0.25, 0.3) is 0 Å². The number of hydrogen-bond acceptors (Lipinski definition) is 7. The molecule has 8 nitrogen and oxygen atoms in total. The number of aromatic nitrogens is 2. The summed E-state index contributed by atoms with van der Waals surface area (Å²) in [5, 5.41) is 9.67. The Morgan fingerprint density at radius 2 is 2.03 bits per heavy atom. The summed E-state index contributed by atoms with van der Waals surface area (Å²) in [5.74, 6) is -0.677. The number of benzene rings is 1. The highest BCUT2D eigenvalue weighted by atomic mass is 19.1. The topological polar surface area (TPSA) is 108 Å². The fourth-order valence-corrected chi connectivity index (χ4v) is 5.22. The molecule has 9 heteroatoms. The van der Waals surface area contributed by atoms with Gasteiger partial charge in [-0.05, 0) is 48.9 Å². The van der Waals surface area contributed by atoms with Crippen molar-refractivity contribution in [3.63, 3.8) is 0 Å². The molecular formula is C23H28FN7O. The Morgan fingerprint density at radius 1 is 1.25 bits per heavy atom. The minimum atomic E-state index is -0.559. The van der Waals surface area contributed by atoms with E-state index in [1.807, 2.05) is 18.2 Å². The molecule has 2 bridgehead atoms. The molecule has 1 aliphatic heterocycles. The molecule has 1 aromatic heterocycles. The van der Waals surface area contributed by atoms with Crippen LogP contribution in [0.1, 0.15) is 12.0 Å². The van der Waals surface area contributed by atoms with Gasteiger partial charge >= 0.3 is 0 Å². The van der Waals surface area contributed by atoms with Crippen molar-refractivity contribution in [2.45, 2.75) is 19.4 Å². The van der Waals surface area contributed by atoms with Crippen LogP contribution in [0, 0.1) is 30.5 Å². The fourth-order valence-electron chi connectivity index (χ4n) is 5.22. The monoisotopic (exact) mass is 437 g/mol. The molecule has 3 aliphatic rings. The zero-order valence-electron chi connectivity index (χ0n) is 18.0. The molecule has 0 spiro atoms. The molecule has 1 saturated heterocycles. The molecule has 1 amide bonds. The average molecular weight is 438 g/mol. The zero-order chi connectivity index (χ0) is 22.2. The molecular weight excluding hydrogens is 409 g/mol. The molecule has 1 saturated carbocycles. The molecule has 5 rings (SSSR count). The van der Waals surface area contributed by atoms with E-state index >= 15 is 0 Å². The van der Waals surface area contributed by atoms with E-state index in [4.69, 9.17) is 5.73 Å². The van der Waals surface area contributed by atoms with Gasteiger partial charge in [0.25, 0.3) is 0 Å². The highest BCUT2D eigenvalue weighted by molar-refractivity contribution is 5.79. The maximum absolute atomic E-state index is 14.5. The van der Waals surface area contributed by atoms with Crippen molar-refractivity contribution < 1.29 is 9.18 Å². The molecule has 2 aliphatic carbocycles. The summed E-state index contributed by atoms with van der Waals surface area (Å²) in [7, 11) is 0. The van der Waals surface area contributed by atoms with E-state index in [1.165, 1.54) is 5.69 Å². The summed E-state index contributed by atoms with van der Waals surface area (Å²) < 4.78 is 14.5. The highest BCUT2D eigenvalue weighted by Crippen LogP contribution is 2.44. The Kier molecular flexibility index (Phi) is 5.42. The number of nitrogens with zero attached hydrogens (tertiary/aromatic N) is 3. The highest BCUT2D eigenvalue weighted by Gasteiger charge is 2.47. The van der Waals surface area contributed by atoms with Gasteiger partial charge in [-0.2, -0.15) is 4.98 Å². The lowest BCUT2D eigenvalue weighted by Crippen LogP contribution is -2.43. The summed E-state index contributed by atoms with van der Waals surface area (Å²) in [5.41, 5.74) is 8.81. The van der Waals surface area contributed by atoms with Gasteiger partial charge in [-0.1, -0.05) is 12.2 Å². The van der Waals surface area contributed by atoms with E-state index in [1.54, 1.807) is 0 Å². The second-order valence-corrected chi connectivity index (χ2v) is 8.80. The number of allylic oxidation sites excluding steroid dienone is 1. The third kappa shape index (κ3) is 3.88. The minimum absolute atomic E-state index is 0.0776. The van der Waals surface area contributed by atoms with Crippen LogP contribution in [0.5, 0.6) is 0 Å². The number of aryl methyl sites for hydroxylation is 1. The summed E-state index contributed by atoms with van der Waals surface area (Å²) in [6.45, 7) is 6.00. The van der Waals surface area contributed by atoms with Gasteiger partial charge in [0.2, 0.25) is 11.9 Å². The second-order valence-electron chi connectivity index (χ2n) is 8.80. The number of primary amides is 1. The fraction of sp³-hybridized carbons (Fsp3) is 0.435. The molecule has 2 aromatic rings. The van der Waals surface area contributed by atoms with Crippen molar-refractivity contribution in [2.24, 2.45) is 23.5 Å². The summed E-state index contributed by atoms with van der Waals surface area (Å²) in [6, 6.07) is 5.85. The van der Waals surface area contributed by atoms with Gasteiger partial charge in [-0.15, -0.1) is 0 Å². The molecule has 0 radical (unpaired) electrons. The van der Waals surface area contributed by atoms with E-state index in [2.05, 4.69) is 49.9 Å². The van der Waals surface area contributed by atoms with Crippen molar-refractivity contribution >= 4 is 29.0 Å². The van der Waals surface area contributed by atoms with E-state index in [-0.39, 0.29) is 41.5 Å². The predicted octanol–water partition coefficient (Wildman–Crippen LogP) is 2.17. The summed E-state index contributed by atoms with van der Waals surface area (Å²) >= 11 is 0. The second kappa shape index (κ2) is 8.38. The van der Waals surface area contributed by atoms with Crippen LogP contribution < -0.4 is 26.6 Å². The number of rotatable bonds is 6. The first-order chi connectivity index (χ1) is 15.5. The van der Waals surface area contributed by atoms with Crippen LogP contribution in [0.4, 0.5) is 27.5 Å². The third-order valence-electron chi connectivity index (χ3n) is 6.75. The molecule has 168 valence electrons. The van der Waals surface area contributed by atoms with Crippen LogP contribution >= 0.6 is 0 Å². The van der Waals surface area contributed by atoms with Gasteiger partial charge in [-0.25, -0.2) is 9.37 Å². The Labute approximate surface area is 186 Å². The zero-order valence-corrected chi connectivity index (χ0v) is 18.0. The molecule has 32 heavy (non-hydrogen) atoms. The molecule has 5 N–H and O–H groups in total. The minimum Gasteiger partial charge on any atom is -0.369 e. The van der Waals surface area contributed by atoms with Gasteiger partial charge in [-0.3, -0.25) is 4.79 Å². The number of carbonyl (C=O) groups excluding carboxylic acids is 1. The van der Waals surface area contributed by atoms with Gasteiger partial charge in [0, 0.05) is 43.6 Å². The summed E-state index contributed by atoms with van der Waals surface area (Å²) in [4.78, 5) is 22.8. The number of amides is 1. The number of halogens is 1. The first-order valence-corrected chi connectivity index (χ1v) is 11.1. The maximum Gasteiger partial charge on any atom is 0.229 e. The van der Waals surface area contributed by atoms with Crippen molar-refractivity contribution in [3.8, 4) is 0 Å². The number of anilines is 4. The predicted molar refractivity (Wildman–Crippen MR) is 122 cm³/mol. The number of fused-ring (bicyclic) bond motifs is 2. The average Bonchev–Trinajstić information content (AvgIpc) is 3.38. The Hall–Kier alpha value is -3.20. The Bertz CT molecular complexity index is 1050. The first-order valence-electron chi connectivity index (χ1n) is 11.1. The van der Waals surface area contributed by atoms with Crippen LogP contribution in [0.15, 0.2) is 36.5 Å². The number of piperazine rings is 1. The van der Waals surface area contributed by atoms with Crippen LogP contribution in [0.2, 0.25) is 0 Å². The molecule has 2 fully saturated rings. The largest absolute Gasteiger partial charge is 0.369 e. The standard InChI is InChI=1S/C23H28FN7O/c1-13-10-16(4-5-18(13)31-8-6-26-7-9-31)28-23-27-12-17(24)22(30-23)29-20-15-3-2-14(11-15)19(20)21(25)32/h2-5,10,12,14-15,19-20,26H,6-9,11H2,1H3,(H2,25,32)(H2,27,28,29,30). The van der Waals surface area contributed by atoms with Crippen LogP contribution in [0.3, 0.4) is 0 Å². The van der Waals surface area contributed by atoms with Gasteiger partial charge in [0.15, 0.2) is 11.6 Å². The maximum atomic E-state index is 14.5. The van der Waals surface area contributed by atoms with Crippen molar-refractivity contribution in [1.29, 1.82) is 0 Å². The van der Waals surface area contributed by atoms with Crippen LogP contribution in [-0.4, -0.2) is 48.1 Å². The summed E-state index contributed by atoms with van der Waals surface area (Å²) in [6.07, 6.45) is 6.10. The molecule has 2 heterocycles. The molecule has 4 unspecified atom stereocenters. The van der Waals surface area contributed by atoms with E-state index < -0.39 is 5.82 Å². The quantitative estimate of drug-likeness (QED) is 0.513. The van der Waals surface area contributed by atoms with Crippen molar-refractivity contribution in [2.75, 3.05) is 41.7 Å². The van der Waals surface area contributed by atoms with Gasteiger partial charge < -0.3 is 26.6 Å². The number of carbonyl (C=O) groups is 1. The molecule has 4 atom stereocenters. The number of nitrogens with one attached hydrogen (secondary N) is 3. The number of nitrogens with two attached hydrogens (primary N) is 1. The van der Waals surface area contributed by atoms with Crippen molar-refractivity contribution in [1.82, 2.24) is 15.3 Å². The van der Waals surface area contributed by atoms with E-state index in [0.717, 1.165) is 50.0 Å². The van der Waals surface area contributed by atoms with Crippen molar-refractivity contribution in [3.05, 3.63) is 47.9 Å². The normalized spacial score (nSPS) is 26.4. The van der Waals surface area contributed by atoms with Crippen LogP contribution in [-0.2, 0) is 4.79 Å². The van der Waals surface area contributed by atoms with E-state index in [0.29, 0.717) is 0 Å². The Balaban J connectivity index is 1.32. The lowest BCUT2D eigenvalue weighted by molar-refractivity contribution is -0.122. The lowest BCUT2D eigenvalue weighted by Gasteiger charge is -2.31. The first kappa shape index (κ1) is 20.7. The third-order valence-corrected chi connectivity index (χ3v) is 6.75. The SMILES string of the molecule is Cc1cc(Nc2ncc(F)c(NC3C4C=CC(C4)C3C(N)=O)n2)ccc1N1CCNCC1. The lowest BCUT2D eigenvalue weighted by atomic mass is 9.88. The van der Waals surface area contributed by atoms with Gasteiger partial charge in [0.05, 0.1) is 12.1 Å².